The van der Waals surface area contributed by atoms with Crippen LogP contribution in [0.25, 0.3) is 0 Å². The Kier molecular flexibility index (Phi) is 5.08. The molecule has 1 N–H and O–H groups in total. The molecule has 0 unspecified atom stereocenters. The van der Waals surface area contributed by atoms with E-state index in [1.165, 1.54) is 13.2 Å². The van der Waals surface area contributed by atoms with E-state index in [1.807, 2.05) is 31.2 Å². The first-order chi connectivity index (χ1) is 9.24. The zero-order chi connectivity index (χ0) is 15.3. The monoisotopic (exact) mass is 275 g/mol. The molecule has 0 aliphatic rings. The van der Waals surface area contributed by atoms with E-state index < -0.39 is 11.4 Å². The summed E-state index contributed by atoms with van der Waals surface area (Å²) in [5.74, 6) is -0.708. The summed E-state index contributed by atoms with van der Waals surface area (Å²) in [6.45, 7) is 7.37. The minimum absolute atomic E-state index is 0.135. The molecule has 0 radical (unpaired) electrons. The third-order valence-corrected chi connectivity index (χ3v) is 2.75. The van der Waals surface area contributed by atoms with Gasteiger partial charge in [-0.2, -0.15) is 0 Å². The Labute approximate surface area is 119 Å². The Morgan fingerprint density at radius 2 is 1.70 bits per heavy atom. The van der Waals surface area contributed by atoms with E-state index in [9.17, 15) is 9.59 Å². The molecule has 1 aromatic carbocycles. The van der Waals surface area contributed by atoms with Gasteiger partial charge in [0.1, 0.15) is 5.70 Å². The van der Waals surface area contributed by atoms with Crippen molar-refractivity contribution in [2.75, 3.05) is 12.4 Å². The van der Waals surface area contributed by atoms with Crippen molar-refractivity contribution in [3.05, 3.63) is 41.6 Å². The maximum atomic E-state index is 12.0. The number of ether oxygens (including phenoxy) is 1. The highest BCUT2D eigenvalue weighted by Gasteiger charge is 2.22. The number of benzene rings is 1. The topological polar surface area (TPSA) is 55.4 Å². The van der Waals surface area contributed by atoms with Crippen molar-refractivity contribution in [2.24, 2.45) is 5.41 Å². The average molecular weight is 275 g/mol. The number of ketones is 1. The quantitative estimate of drug-likeness (QED) is 0.677. The summed E-state index contributed by atoms with van der Waals surface area (Å²) in [4.78, 5) is 23.8. The van der Waals surface area contributed by atoms with Gasteiger partial charge in [-0.1, -0.05) is 38.5 Å². The molecule has 0 aromatic heterocycles. The van der Waals surface area contributed by atoms with Crippen LogP contribution in [-0.2, 0) is 14.3 Å². The molecule has 4 nitrogen and oxygen atoms in total. The summed E-state index contributed by atoms with van der Waals surface area (Å²) < 4.78 is 4.70. The van der Waals surface area contributed by atoms with Gasteiger partial charge < -0.3 is 10.1 Å². The molecule has 1 aromatic rings. The number of carbonyl (C=O) groups is 2. The molecule has 0 amide bonds. The van der Waals surface area contributed by atoms with E-state index >= 15 is 0 Å². The summed E-state index contributed by atoms with van der Waals surface area (Å²) in [5.41, 5.74) is 1.43. The number of carbonyl (C=O) groups excluding carboxylic acids is 2. The SMILES string of the molecule is COC(=O)C(=CC(=O)C(C)(C)C)Nc1ccc(C)cc1. The zero-order valence-electron chi connectivity index (χ0n) is 12.6. The zero-order valence-corrected chi connectivity index (χ0v) is 12.6. The van der Waals surface area contributed by atoms with Gasteiger partial charge >= 0.3 is 5.97 Å². The van der Waals surface area contributed by atoms with E-state index in [-0.39, 0.29) is 11.5 Å². The van der Waals surface area contributed by atoms with Crippen molar-refractivity contribution in [3.8, 4) is 0 Å². The van der Waals surface area contributed by atoms with E-state index in [0.717, 1.165) is 11.3 Å². The van der Waals surface area contributed by atoms with Crippen LogP contribution in [0.5, 0.6) is 0 Å². The lowest BCUT2D eigenvalue weighted by Gasteiger charge is -2.15. The van der Waals surface area contributed by atoms with Gasteiger partial charge in [0, 0.05) is 17.2 Å². The second kappa shape index (κ2) is 6.37. The van der Waals surface area contributed by atoms with Gasteiger partial charge in [-0.3, -0.25) is 4.79 Å². The maximum Gasteiger partial charge on any atom is 0.354 e. The number of rotatable bonds is 4. The molecule has 108 valence electrons. The number of hydrogen-bond donors (Lipinski definition) is 1. The van der Waals surface area contributed by atoms with Crippen LogP contribution in [0.4, 0.5) is 5.69 Å². The molecular formula is C16H21NO3. The van der Waals surface area contributed by atoms with E-state index in [1.54, 1.807) is 20.8 Å². The molecule has 20 heavy (non-hydrogen) atoms. The Morgan fingerprint density at radius 1 is 1.15 bits per heavy atom. The maximum absolute atomic E-state index is 12.0. The number of methoxy groups -OCH3 is 1. The minimum atomic E-state index is -0.567. The normalized spacial score (nSPS) is 11.9. The first-order valence-electron chi connectivity index (χ1n) is 6.42. The second-order valence-electron chi connectivity index (χ2n) is 5.65. The van der Waals surface area contributed by atoms with Crippen molar-refractivity contribution < 1.29 is 14.3 Å². The number of anilines is 1. The lowest BCUT2D eigenvalue weighted by atomic mass is 9.90. The molecule has 0 atom stereocenters. The number of nitrogens with one attached hydrogen (secondary N) is 1. The number of aryl methyl sites for hydroxylation is 1. The molecule has 0 saturated heterocycles. The standard InChI is InChI=1S/C16H21NO3/c1-11-6-8-12(9-7-11)17-13(15(19)20-5)10-14(18)16(2,3)4/h6-10,17H,1-5H3. The van der Waals surface area contributed by atoms with E-state index in [2.05, 4.69) is 5.32 Å². The Balaban J connectivity index is 3.02. The van der Waals surface area contributed by atoms with Crippen LogP contribution in [0.2, 0.25) is 0 Å². The van der Waals surface area contributed by atoms with Crippen LogP contribution in [0.15, 0.2) is 36.0 Å². The Morgan fingerprint density at radius 3 is 2.15 bits per heavy atom. The molecule has 0 spiro atoms. The summed E-state index contributed by atoms with van der Waals surface area (Å²) in [7, 11) is 1.29. The number of hydrogen-bond acceptors (Lipinski definition) is 4. The lowest BCUT2D eigenvalue weighted by Crippen LogP contribution is -2.22. The summed E-state index contributed by atoms with van der Waals surface area (Å²) in [5, 5.41) is 2.93. The second-order valence-corrected chi connectivity index (χ2v) is 5.65. The number of allylic oxidation sites excluding steroid dienone is 1. The van der Waals surface area contributed by atoms with Gasteiger partial charge in [0.2, 0.25) is 0 Å². The van der Waals surface area contributed by atoms with Gasteiger partial charge in [-0.05, 0) is 19.1 Å². The Hall–Kier alpha value is -2.10. The van der Waals surface area contributed by atoms with Gasteiger partial charge in [-0.25, -0.2) is 4.79 Å². The van der Waals surface area contributed by atoms with Gasteiger partial charge in [0.15, 0.2) is 5.78 Å². The van der Waals surface area contributed by atoms with Crippen LogP contribution < -0.4 is 5.32 Å². The summed E-state index contributed by atoms with van der Waals surface area (Å²) in [6.07, 6.45) is 1.30. The lowest BCUT2D eigenvalue weighted by molar-refractivity contribution is -0.136. The van der Waals surface area contributed by atoms with Crippen LogP contribution in [-0.4, -0.2) is 18.9 Å². The molecule has 0 aliphatic heterocycles. The third-order valence-electron chi connectivity index (χ3n) is 2.75. The molecule has 0 aliphatic carbocycles. The molecular weight excluding hydrogens is 254 g/mol. The van der Waals surface area contributed by atoms with E-state index in [0.29, 0.717) is 0 Å². The molecule has 1 rings (SSSR count). The molecule has 0 heterocycles. The summed E-state index contributed by atoms with van der Waals surface area (Å²) in [6, 6.07) is 7.52. The molecule has 0 saturated carbocycles. The fourth-order valence-electron chi connectivity index (χ4n) is 1.40. The van der Waals surface area contributed by atoms with Crippen molar-refractivity contribution in [1.82, 2.24) is 0 Å². The highest BCUT2D eigenvalue weighted by atomic mass is 16.5. The van der Waals surface area contributed by atoms with Crippen molar-refractivity contribution in [2.45, 2.75) is 27.7 Å². The predicted molar refractivity (Wildman–Crippen MR) is 79.4 cm³/mol. The van der Waals surface area contributed by atoms with Gasteiger partial charge in [0.05, 0.1) is 7.11 Å². The number of esters is 1. The van der Waals surface area contributed by atoms with Crippen LogP contribution >= 0.6 is 0 Å². The van der Waals surface area contributed by atoms with Crippen LogP contribution in [0.3, 0.4) is 0 Å². The van der Waals surface area contributed by atoms with E-state index in [4.69, 9.17) is 4.74 Å². The first kappa shape index (κ1) is 16.0. The molecule has 0 bridgehead atoms. The minimum Gasteiger partial charge on any atom is -0.464 e. The average Bonchev–Trinajstić information content (AvgIpc) is 2.38. The van der Waals surface area contributed by atoms with Gasteiger partial charge in [-0.15, -0.1) is 0 Å². The smallest absolute Gasteiger partial charge is 0.354 e. The van der Waals surface area contributed by atoms with Crippen LogP contribution in [0, 0.1) is 12.3 Å². The van der Waals surface area contributed by atoms with Crippen molar-refractivity contribution in [1.29, 1.82) is 0 Å². The fraction of sp³-hybridized carbons (Fsp3) is 0.375. The fourth-order valence-corrected chi connectivity index (χ4v) is 1.40. The molecule has 4 heteroatoms. The van der Waals surface area contributed by atoms with Crippen molar-refractivity contribution >= 4 is 17.4 Å². The van der Waals surface area contributed by atoms with Crippen LogP contribution in [0.1, 0.15) is 26.3 Å². The third kappa shape index (κ3) is 4.53. The predicted octanol–water partition coefficient (Wildman–Crippen LogP) is 3.08. The summed E-state index contributed by atoms with van der Waals surface area (Å²) >= 11 is 0. The van der Waals surface area contributed by atoms with Gasteiger partial charge in [0.25, 0.3) is 0 Å². The first-order valence-corrected chi connectivity index (χ1v) is 6.42. The van der Waals surface area contributed by atoms with Crippen molar-refractivity contribution in [3.63, 3.8) is 0 Å². The highest BCUT2D eigenvalue weighted by molar-refractivity contribution is 6.03. The Bertz CT molecular complexity index is 522. The highest BCUT2D eigenvalue weighted by Crippen LogP contribution is 2.18. The largest absolute Gasteiger partial charge is 0.464 e. The molecule has 0 fully saturated rings.